The number of hydrogen-bond acceptors (Lipinski definition) is 6. The third kappa shape index (κ3) is 4.83. The summed E-state index contributed by atoms with van der Waals surface area (Å²) in [5, 5.41) is 8.64. The molecule has 0 aliphatic carbocycles. The van der Waals surface area contributed by atoms with Gasteiger partial charge in [-0.25, -0.2) is 0 Å². The lowest BCUT2D eigenvalue weighted by molar-refractivity contribution is 0.122. The normalized spacial score (nSPS) is 19.5. The van der Waals surface area contributed by atoms with Crippen LogP contribution in [0.5, 0.6) is 5.75 Å². The summed E-state index contributed by atoms with van der Waals surface area (Å²) in [4.78, 5) is 4.88. The number of rotatable bonds is 8. The number of aromatic nitrogens is 2. The van der Waals surface area contributed by atoms with E-state index in [4.69, 9.17) is 14.6 Å². The number of anilines is 2. The number of nitrogens with one attached hydrogen (secondary N) is 1. The number of ether oxygens (including phenoxy) is 2. The molecule has 4 rings (SSSR count). The second kappa shape index (κ2) is 9.92. The first kappa shape index (κ1) is 22.0. The Hall–Kier alpha value is -2.25. The highest BCUT2D eigenvalue weighted by atomic mass is 16.5. The van der Waals surface area contributed by atoms with Crippen molar-refractivity contribution in [3.05, 3.63) is 35.5 Å². The Morgan fingerprint density at radius 3 is 2.68 bits per heavy atom. The number of para-hydroxylation sites is 2. The van der Waals surface area contributed by atoms with Crippen LogP contribution in [0.4, 0.5) is 11.5 Å². The minimum absolute atomic E-state index is 0.408. The van der Waals surface area contributed by atoms with Crippen LogP contribution in [0.3, 0.4) is 0 Å². The molecule has 0 amide bonds. The monoisotopic (exact) mass is 427 g/mol. The molecule has 0 saturated carbocycles. The first-order valence-corrected chi connectivity index (χ1v) is 11.6. The fraction of sp³-hybridized carbons (Fsp3) is 0.625. The van der Waals surface area contributed by atoms with Gasteiger partial charge in [-0.15, -0.1) is 0 Å². The number of nitrogens with zero attached hydrogens (tertiary/aromatic N) is 4. The maximum absolute atomic E-state index is 5.57. The fourth-order valence-corrected chi connectivity index (χ4v) is 4.89. The Bertz CT molecular complexity index is 860. The molecular weight excluding hydrogens is 390 g/mol. The van der Waals surface area contributed by atoms with Gasteiger partial charge in [0.25, 0.3) is 0 Å². The van der Waals surface area contributed by atoms with Crippen molar-refractivity contribution < 1.29 is 9.47 Å². The summed E-state index contributed by atoms with van der Waals surface area (Å²) in [5.74, 6) is 3.26. The molecule has 31 heavy (non-hydrogen) atoms. The Morgan fingerprint density at radius 2 is 1.94 bits per heavy atom. The first-order valence-electron chi connectivity index (χ1n) is 11.6. The predicted octanol–water partition coefficient (Wildman–Crippen LogP) is 3.00. The largest absolute Gasteiger partial charge is 0.495 e. The summed E-state index contributed by atoms with van der Waals surface area (Å²) in [5.41, 5.74) is 3.76. The van der Waals surface area contributed by atoms with Gasteiger partial charge >= 0.3 is 0 Å². The van der Waals surface area contributed by atoms with Gasteiger partial charge in [0.1, 0.15) is 11.6 Å². The van der Waals surface area contributed by atoms with E-state index < -0.39 is 0 Å². The van der Waals surface area contributed by atoms with Crippen LogP contribution in [0.1, 0.15) is 37.4 Å². The van der Waals surface area contributed by atoms with Crippen LogP contribution in [0.15, 0.2) is 24.3 Å². The van der Waals surface area contributed by atoms with Crippen LogP contribution in [0.25, 0.3) is 0 Å². The highest BCUT2D eigenvalue weighted by Gasteiger charge is 2.26. The molecule has 2 saturated heterocycles. The summed E-state index contributed by atoms with van der Waals surface area (Å²) < 4.78 is 13.2. The number of morpholine rings is 1. The molecule has 2 aliphatic rings. The second-order valence-electron chi connectivity index (χ2n) is 8.97. The van der Waals surface area contributed by atoms with Crippen molar-refractivity contribution in [2.45, 2.75) is 32.7 Å². The van der Waals surface area contributed by atoms with Crippen LogP contribution in [0.2, 0.25) is 0 Å². The molecule has 3 heterocycles. The van der Waals surface area contributed by atoms with Gasteiger partial charge in [-0.3, -0.25) is 4.68 Å². The van der Waals surface area contributed by atoms with E-state index >= 15 is 0 Å². The molecule has 1 unspecified atom stereocenters. The van der Waals surface area contributed by atoms with E-state index in [0.29, 0.717) is 11.8 Å². The summed E-state index contributed by atoms with van der Waals surface area (Å²) in [6.45, 7) is 11.9. The third-order valence-corrected chi connectivity index (χ3v) is 6.45. The zero-order valence-corrected chi connectivity index (χ0v) is 19.4. The number of methoxy groups -OCH3 is 1. The zero-order valence-electron chi connectivity index (χ0n) is 19.4. The van der Waals surface area contributed by atoms with Gasteiger partial charge < -0.3 is 24.6 Å². The molecule has 1 aromatic carbocycles. The van der Waals surface area contributed by atoms with Crippen LogP contribution >= 0.6 is 0 Å². The van der Waals surface area contributed by atoms with E-state index in [9.17, 15) is 0 Å². The highest BCUT2D eigenvalue weighted by molar-refractivity contribution is 5.59. The second-order valence-corrected chi connectivity index (χ2v) is 8.97. The molecule has 2 aliphatic heterocycles. The molecule has 7 heteroatoms. The van der Waals surface area contributed by atoms with Crippen LogP contribution in [0, 0.1) is 5.92 Å². The molecule has 0 bridgehead atoms. The summed E-state index contributed by atoms with van der Waals surface area (Å²) in [6, 6.07) is 8.33. The molecule has 1 N–H and O–H groups in total. The first-order chi connectivity index (χ1) is 15.1. The summed E-state index contributed by atoms with van der Waals surface area (Å²) in [6.07, 6.45) is 1.20. The average molecular weight is 428 g/mol. The van der Waals surface area contributed by atoms with Gasteiger partial charge in [0, 0.05) is 51.9 Å². The minimum atomic E-state index is 0.408. The topological polar surface area (TPSA) is 54.8 Å². The summed E-state index contributed by atoms with van der Waals surface area (Å²) >= 11 is 0. The van der Waals surface area contributed by atoms with Crippen molar-refractivity contribution in [3.8, 4) is 5.75 Å². The van der Waals surface area contributed by atoms with Crippen LogP contribution in [-0.4, -0.2) is 62.8 Å². The van der Waals surface area contributed by atoms with Crippen LogP contribution < -0.4 is 19.9 Å². The maximum atomic E-state index is 5.57. The third-order valence-electron chi connectivity index (χ3n) is 6.45. The van der Waals surface area contributed by atoms with Crippen molar-refractivity contribution in [3.63, 3.8) is 0 Å². The fourth-order valence-electron chi connectivity index (χ4n) is 4.89. The number of benzene rings is 1. The molecule has 170 valence electrons. The predicted molar refractivity (Wildman–Crippen MR) is 125 cm³/mol. The van der Waals surface area contributed by atoms with E-state index in [1.54, 1.807) is 7.11 Å². The quantitative estimate of drug-likeness (QED) is 0.699. The van der Waals surface area contributed by atoms with E-state index in [0.717, 1.165) is 58.2 Å². The van der Waals surface area contributed by atoms with Gasteiger partial charge in [-0.1, -0.05) is 26.0 Å². The zero-order chi connectivity index (χ0) is 21.8. The molecular formula is C24H37N5O2. The Kier molecular flexibility index (Phi) is 7.02. The van der Waals surface area contributed by atoms with Gasteiger partial charge in [-0.05, 0) is 30.4 Å². The van der Waals surface area contributed by atoms with E-state index in [1.807, 2.05) is 12.1 Å². The van der Waals surface area contributed by atoms with E-state index in [-0.39, 0.29) is 0 Å². The Balaban J connectivity index is 1.39. The Labute approximate surface area is 186 Å². The van der Waals surface area contributed by atoms with Crippen molar-refractivity contribution in [1.82, 2.24) is 15.1 Å². The van der Waals surface area contributed by atoms with Crippen molar-refractivity contribution in [1.29, 1.82) is 0 Å². The average Bonchev–Trinajstić information content (AvgIpc) is 3.39. The van der Waals surface area contributed by atoms with Gasteiger partial charge in [0.05, 0.1) is 31.7 Å². The standard InChI is InChI=1S/C24H37N5O2/c1-18(2)23-20(24(27(3)26-23)28-11-13-31-14-12-28)16-25-15-19-9-10-29(17-19)21-7-5-6-8-22(21)30-4/h5-8,18-19,25H,9-17H2,1-4H3. The molecule has 2 aromatic rings. The van der Waals surface area contributed by atoms with Gasteiger partial charge in [0.2, 0.25) is 0 Å². The smallest absolute Gasteiger partial charge is 0.142 e. The van der Waals surface area contributed by atoms with Crippen LogP contribution in [-0.2, 0) is 18.3 Å². The lowest BCUT2D eigenvalue weighted by atomic mass is 10.0. The molecule has 0 spiro atoms. The maximum Gasteiger partial charge on any atom is 0.142 e. The minimum Gasteiger partial charge on any atom is -0.495 e. The molecule has 7 nitrogen and oxygen atoms in total. The van der Waals surface area contributed by atoms with Crippen molar-refractivity contribution in [2.75, 3.05) is 62.8 Å². The van der Waals surface area contributed by atoms with E-state index in [2.05, 4.69) is 52.8 Å². The van der Waals surface area contributed by atoms with E-state index in [1.165, 1.54) is 29.2 Å². The molecule has 0 radical (unpaired) electrons. The lowest BCUT2D eigenvalue weighted by Gasteiger charge is -2.30. The van der Waals surface area contributed by atoms with Gasteiger partial charge in [-0.2, -0.15) is 5.10 Å². The molecule has 2 fully saturated rings. The lowest BCUT2D eigenvalue weighted by Crippen LogP contribution is -2.38. The highest BCUT2D eigenvalue weighted by Crippen LogP contribution is 2.32. The number of hydrogen-bond donors (Lipinski definition) is 1. The SMILES string of the molecule is COc1ccccc1N1CCC(CNCc2c(C(C)C)nn(C)c2N2CCOCC2)C1. The molecule has 1 atom stereocenters. The number of aryl methyl sites for hydroxylation is 1. The van der Waals surface area contributed by atoms with Crippen molar-refractivity contribution in [2.24, 2.45) is 13.0 Å². The molecule has 1 aromatic heterocycles. The van der Waals surface area contributed by atoms with Gasteiger partial charge in [0.15, 0.2) is 0 Å². The van der Waals surface area contributed by atoms with Crippen molar-refractivity contribution >= 4 is 11.5 Å². The Morgan fingerprint density at radius 1 is 1.16 bits per heavy atom. The summed E-state index contributed by atoms with van der Waals surface area (Å²) in [7, 11) is 3.82.